The van der Waals surface area contributed by atoms with Crippen LogP contribution in [-0.2, 0) is 0 Å². The number of nitrogens with one attached hydrogen (secondary N) is 2. The molecule has 3 nitrogen and oxygen atoms in total. The first-order chi connectivity index (χ1) is 3.00. The zero-order valence-corrected chi connectivity index (χ0v) is 4.74. The summed E-state index contributed by atoms with van der Waals surface area (Å²) in [4.78, 5) is 0. The van der Waals surface area contributed by atoms with Crippen LogP contribution in [0.15, 0.2) is 0 Å². The minimum atomic E-state index is 0. The molecular weight excluding hydrogens is 111 g/mol. The minimum Gasteiger partial charge on any atom is -0.412 e. The molecule has 4 N–H and O–H groups in total. The van der Waals surface area contributed by atoms with Crippen molar-refractivity contribution in [3.05, 3.63) is 0 Å². The summed E-state index contributed by atoms with van der Waals surface area (Å²) in [6, 6.07) is 0. The monoisotopic (exact) mass is 124 g/mol. The van der Waals surface area contributed by atoms with Crippen molar-refractivity contribution in [1.29, 1.82) is 0 Å². The highest BCUT2D eigenvalue weighted by Crippen LogP contribution is 1.65. The summed E-state index contributed by atoms with van der Waals surface area (Å²) in [6.07, 6.45) is 0. The zero-order chi connectivity index (χ0) is 4.24. The molecule has 0 aliphatic carbocycles. The van der Waals surface area contributed by atoms with E-state index in [0.29, 0.717) is 0 Å². The van der Waals surface area contributed by atoms with Crippen molar-refractivity contribution < 1.29 is 10.2 Å². The van der Waals surface area contributed by atoms with Crippen LogP contribution in [0.3, 0.4) is 0 Å². The van der Waals surface area contributed by atoms with Gasteiger partial charge < -0.3 is 16.1 Å². The Kier molecular flexibility index (Phi) is 9.13. The largest absolute Gasteiger partial charge is 0.412 e. The molecule has 0 amide bonds. The van der Waals surface area contributed by atoms with Crippen LogP contribution >= 0.6 is 0 Å². The number of piperazine rings is 1. The van der Waals surface area contributed by atoms with Gasteiger partial charge in [-0.15, -0.1) is 0 Å². The quantitative estimate of drug-likeness (QED) is 0.413. The van der Waals surface area contributed by atoms with E-state index >= 15 is 0 Å². The van der Waals surface area contributed by atoms with Gasteiger partial charge in [0.05, 0.1) is 0 Å². The fourth-order valence-corrected chi connectivity index (χ4v) is 0.604. The maximum absolute atomic E-state index is 3.22. The molecule has 1 aliphatic heterocycles. The second-order valence-corrected chi connectivity index (χ2v) is 1.50. The van der Waals surface area contributed by atoms with Crippen molar-refractivity contribution in [2.75, 3.05) is 26.2 Å². The minimum absolute atomic E-state index is 0. The molecule has 0 atom stereocenters. The second-order valence-electron chi connectivity index (χ2n) is 1.50. The van der Waals surface area contributed by atoms with Crippen LogP contribution in [0, 0.1) is 0 Å². The Labute approximate surface area is 48.1 Å². The summed E-state index contributed by atoms with van der Waals surface area (Å²) in [5.41, 5.74) is 0. The Morgan fingerprint density at radius 2 is 1.00 bits per heavy atom. The van der Waals surface area contributed by atoms with E-state index in [0.717, 1.165) is 26.2 Å². The molecule has 0 radical (unpaired) electrons. The van der Waals surface area contributed by atoms with E-state index in [1.165, 1.54) is 0 Å². The molecule has 0 spiro atoms. The molecule has 1 fully saturated rings. The number of halogens is 1. The molecule has 1 heterocycles. The van der Waals surface area contributed by atoms with Gasteiger partial charge in [0.2, 0.25) is 0 Å². The molecule has 52 valence electrons. The van der Waals surface area contributed by atoms with Gasteiger partial charge in [0.15, 0.2) is 0 Å². The first kappa shape index (κ1) is 10.7. The normalized spacial score (nSPS) is 18.0. The summed E-state index contributed by atoms with van der Waals surface area (Å²) < 4.78 is 0. The Morgan fingerprint density at radius 1 is 0.750 bits per heavy atom. The van der Waals surface area contributed by atoms with Crippen LogP contribution in [0.2, 0.25) is 0 Å². The van der Waals surface area contributed by atoms with E-state index in [-0.39, 0.29) is 10.2 Å². The third kappa shape index (κ3) is 3.98. The van der Waals surface area contributed by atoms with Crippen LogP contribution in [0.1, 0.15) is 0 Å². The lowest BCUT2D eigenvalue weighted by atomic mass is 10.4. The zero-order valence-electron chi connectivity index (χ0n) is 4.74. The molecule has 4 heteroatoms. The van der Waals surface area contributed by atoms with E-state index in [1.54, 1.807) is 0 Å². The average Bonchev–Trinajstić information content (AvgIpc) is 1.72. The van der Waals surface area contributed by atoms with Crippen LogP contribution in [0.25, 0.3) is 0 Å². The Morgan fingerprint density at radius 3 is 1.12 bits per heavy atom. The molecule has 0 unspecified atom stereocenters. The first-order valence-corrected chi connectivity index (χ1v) is 2.41. The summed E-state index contributed by atoms with van der Waals surface area (Å²) >= 11 is 0. The second kappa shape index (κ2) is 6.81. The summed E-state index contributed by atoms with van der Waals surface area (Å²) in [7, 11) is 0. The van der Waals surface area contributed by atoms with Gasteiger partial charge in [0.25, 0.3) is 0 Å². The predicted molar refractivity (Wildman–Crippen MR) is 31.9 cm³/mol. The summed E-state index contributed by atoms with van der Waals surface area (Å²) in [6.45, 7) is 4.56. The van der Waals surface area contributed by atoms with Gasteiger partial charge in [-0.25, -0.2) is 0 Å². The summed E-state index contributed by atoms with van der Waals surface area (Å²) in [5, 5.41) is 6.44. The molecule has 1 rings (SSSR count). The van der Waals surface area contributed by atoms with Gasteiger partial charge in [0, 0.05) is 26.2 Å². The topological polar surface area (TPSA) is 55.6 Å². The first-order valence-electron chi connectivity index (χ1n) is 2.41. The molecule has 0 aromatic heterocycles. The van der Waals surface area contributed by atoms with Crippen LogP contribution in [0.5, 0.6) is 0 Å². The van der Waals surface area contributed by atoms with Gasteiger partial charge in [-0.05, 0) is 0 Å². The standard InChI is InChI=1S/C4H10N2.FH.H2O/c1-2-6-4-3-5-1;;/h5-6H,1-4H2;1H;1H2. The molecule has 0 aromatic rings. The lowest BCUT2D eigenvalue weighted by Crippen LogP contribution is -2.39. The van der Waals surface area contributed by atoms with Crippen molar-refractivity contribution in [1.82, 2.24) is 10.6 Å². The molecule has 0 aromatic carbocycles. The van der Waals surface area contributed by atoms with Crippen LogP contribution < -0.4 is 10.6 Å². The molecule has 0 saturated carbocycles. The Hall–Kier alpha value is -0.190. The fourth-order valence-electron chi connectivity index (χ4n) is 0.604. The van der Waals surface area contributed by atoms with Crippen LogP contribution in [-0.4, -0.2) is 31.7 Å². The number of rotatable bonds is 0. The third-order valence-electron chi connectivity index (χ3n) is 0.957. The maximum Gasteiger partial charge on any atom is 0.00772 e. The van der Waals surface area contributed by atoms with E-state index in [4.69, 9.17) is 0 Å². The molecule has 0 bridgehead atoms. The van der Waals surface area contributed by atoms with Crippen LogP contribution in [0.4, 0.5) is 4.70 Å². The van der Waals surface area contributed by atoms with Crippen molar-refractivity contribution >= 4 is 0 Å². The summed E-state index contributed by atoms with van der Waals surface area (Å²) in [5.74, 6) is 0. The van der Waals surface area contributed by atoms with Gasteiger partial charge in [0.1, 0.15) is 0 Å². The van der Waals surface area contributed by atoms with E-state index < -0.39 is 0 Å². The smallest absolute Gasteiger partial charge is 0.00772 e. The Bertz CT molecular complexity index is 29.5. The van der Waals surface area contributed by atoms with E-state index in [9.17, 15) is 0 Å². The third-order valence-corrected chi connectivity index (χ3v) is 0.957. The van der Waals surface area contributed by atoms with Crippen molar-refractivity contribution in [2.45, 2.75) is 0 Å². The molecule has 1 saturated heterocycles. The van der Waals surface area contributed by atoms with Gasteiger partial charge in [-0.2, -0.15) is 0 Å². The van der Waals surface area contributed by atoms with E-state index in [1.807, 2.05) is 0 Å². The predicted octanol–water partition coefficient (Wildman–Crippen LogP) is -1.49. The van der Waals surface area contributed by atoms with E-state index in [2.05, 4.69) is 10.6 Å². The highest BCUT2D eigenvalue weighted by molar-refractivity contribution is 4.59. The number of hydrogen-bond acceptors (Lipinski definition) is 2. The highest BCUT2D eigenvalue weighted by atomic mass is 19.0. The fraction of sp³-hybridized carbons (Fsp3) is 1.00. The van der Waals surface area contributed by atoms with Crippen molar-refractivity contribution in [3.8, 4) is 0 Å². The van der Waals surface area contributed by atoms with Crippen molar-refractivity contribution in [3.63, 3.8) is 0 Å². The number of hydrogen-bond donors (Lipinski definition) is 2. The van der Waals surface area contributed by atoms with Gasteiger partial charge >= 0.3 is 0 Å². The highest BCUT2D eigenvalue weighted by Gasteiger charge is 1.91. The van der Waals surface area contributed by atoms with Gasteiger partial charge in [-0.1, -0.05) is 0 Å². The van der Waals surface area contributed by atoms with Gasteiger partial charge in [-0.3, -0.25) is 4.70 Å². The van der Waals surface area contributed by atoms with Crippen molar-refractivity contribution in [2.24, 2.45) is 0 Å². The Balaban J connectivity index is 0. The lowest BCUT2D eigenvalue weighted by Gasteiger charge is -2.11. The lowest BCUT2D eigenvalue weighted by molar-refractivity contribution is 0.534. The maximum atomic E-state index is 3.22. The molecular formula is C4H13FN2O. The SMILES string of the molecule is C1CNCCN1.F.O. The average molecular weight is 124 g/mol. The molecule has 8 heavy (non-hydrogen) atoms. The molecule has 1 aliphatic rings.